The molecule has 0 saturated heterocycles. The quantitative estimate of drug-likeness (QED) is 0.429. The average molecular weight is 445 g/mol. The van der Waals surface area contributed by atoms with Gasteiger partial charge in [-0.15, -0.1) is 0 Å². The first-order valence-electron chi connectivity index (χ1n) is 13.1. The number of aliphatic hydroxyl groups excluding tert-OH is 2. The van der Waals surface area contributed by atoms with E-state index < -0.39 is 17.8 Å². The van der Waals surface area contributed by atoms with Crippen molar-refractivity contribution in [1.29, 1.82) is 0 Å². The van der Waals surface area contributed by atoms with Crippen LogP contribution in [0.4, 0.5) is 0 Å². The van der Waals surface area contributed by atoms with Crippen LogP contribution in [0, 0.1) is 29.1 Å². The maximum Gasteiger partial charge on any atom is 0.0811 e. The number of rotatable bonds is 7. The van der Waals surface area contributed by atoms with Gasteiger partial charge in [-0.3, -0.25) is 0 Å². The SMILES string of the molecule is C=C1/C(=C\C=C2/C[C@H](CC)C[C@]3(C)[C@@H]([C@H](C)CCCC(C)(C)O)CC[C@@H]23)C[C@@H](O)C[C@@H]1O. The maximum atomic E-state index is 10.2. The van der Waals surface area contributed by atoms with Gasteiger partial charge in [-0.25, -0.2) is 0 Å². The molecular formula is C29H48O3. The molecule has 182 valence electrons. The van der Waals surface area contributed by atoms with Gasteiger partial charge >= 0.3 is 0 Å². The lowest BCUT2D eigenvalue weighted by Gasteiger charge is -2.47. The third-order valence-corrected chi connectivity index (χ3v) is 9.09. The van der Waals surface area contributed by atoms with Gasteiger partial charge in [0.15, 0.2) is 0 Å². The molecule has 0 radical (unpaired) electrons. The minimum Gasteiger partial charge on any atom is -0.393 e. The van der Waals surface area contributed by atoms with Crippen LogP contribution in [0.5, 0.6) is 0 Å². The molecule has 0 aromatic rings. The van der Waals surface area contributed by atoms with Gasteiger partial charge in [-0.1, -0.05) is 64.3 Å². The molecule has 0 amide bonds. The van der Waals surface area contributed by atoms with Crippen LogP contribution in [0.15, 0.2) is 35.5 Å². The van der Waals surface area contributed by atoms with Crippen LogP contribution in [0.3, 0.4) is 0 Å². The summed E-state index contributed by atoms with van der Waals surface area (Å²) in [5.41, 5.74) is 3.15. The fourth-order valence-electron chi connectivity index (χ4n) is 7.27. The van der Waals surface area contributed by atoms with Gasteiger partial charge in [0.05, 0.1) is 17.8 Å². The highest BCUT2D eigenvalue weighted by molar-refractivity contribution is 5.38. The summed E-state index contributed by atoms with van der Waals surface area (Å²) in [6.07, 6.45) is 13.9. The lowest BCUT2D eigenvalue weighted by Crippen LogP contribution is -2.39. The molecule has 0 aliphatic heterocycles. The van der Waals surface area contributed by atoms with Crippen molar-refractivity contribution in [3.8, 4) is 0 Å². The predicted octanol–water partition coefficient (Wildman–Crippen LogP) is 6.34. The Balaban J connectivity index is 1.78. The Bertz CT molecular complexity index is 727. The summed E-state index contributed by atoms with van der Waals surface area (Å²) < 4.78 is 0. The van der Waals surface area contributed by atoms with E-state index in [-0.39, 0.29) is 0 Å². The Labute approximate surface area is 196 Å². The van der Waals surface area contributed by atoms with Crippen molar-refractivity contribution in [2.24, 2.45) is 29.1 Å². The number of allylic oxidation sites excluding steroid dienone is 3. The molecule has 3 fully saturated rings. The Morgan fingerprint density at radius 1 is 1.19 bits per heavy atom. The van der Waals surface area contributed by atoms with Crippen LogP contribution in [0.1, 0.15) is 98.8 Å². The molecule has 3 heteroatoms. The minimum absolute atomic E-state index is 0.347. The monoisotopic (exact) mass is 444 g/mol. The number of fused-ring (bicyclic) bond motifs is 1. The Hall–Kier alpha value is -0.900. The largest absolute Gasteiger partial charge is 0.393 e. The molecule has 3 aliphatic carbocycles. The van der Waals surface area contributed by atoms with E-state index >= 15 is 0 Å². The van der Waals surface area contributed by atoms with E-state index in [1.165, 1.54) is 38.5 Å². The summed E-state index contributed by atoms with van der Waals surface area (Å²) in [7, 11) is 0. The normalized spacial score (nSPS) is 39.5. The molecule has 0 aromatic carbocycles. The molecule has 32 heavy (non-hydrogen) atoms. The predicted molar refractivity (Wildman–Crippen MR) is 133 cm³/mol. The second kappa shape index (κ2) is 10.2. The first-order chi connectivity index (χ1) is 14.9. The summed E-state index contributed by atoms with van der Waals surface area (Å²) in [5.74, 6) is 2.80. The maximum absolute atomic E-state index is 10.2. The zero-order chi connectivity index (χ0) is 23.7. The van der Waals surface area contributed by atoms with Crippen LogP contribution in [0.25, 0.3) is 0 Å². The highest BCUT2D eigenvalue weighted by Gasteiger charge is 2.52. The second-order valence-corrected chi connectivity index (χ2v) is 12.2. The van der Waals surface area contributed by atoms with Crippen LogP contribution in [-0.2, 0) is 0 Å². The Morgan fingerprint density at radius 3 is 2.56 bits per heavy atom. The van der Waals surface area contributed by atoms with E-state index in [2.05, 4.69) is 39.5 Å². The Morgan fingerprint density at radius 2 is 1.91 bits per heavy atom. The van der Waals surface area contributed by atoms with Gasteiger partial charge in [0.1, 0.15) is 0 Å². The molecule has 0 unspecified atom stereocenters. The summed E-state index contributed by atoms with van der Waals surface area (Å²) in [5, 5.41) is 30.4. The third-order valence-electron chi connectivity index (χ3n) is 9.09. The summed E-state index contributed by atoms with van der Waals surface area (Å²) in [6, 6.07) is 0. The highest BCUT2D eigenvalue weighted by Crippen LogP contribution is 2.61. The summed E-state index contributed by atoms with van der Waals surface area (Å²) in [4.78, 5) is 0. The molecule has 3 rings (SSSR count). The molecule has 3 saturated carbocycles. The van der Waals surface area contributed by atoms with Gasteiger partial charge < -0.3 is 15.3 Å². The molecule has 7 atom stereocenters. The second-order valence-electron chi connectivity index (χ2n) is 12.2. The van der Waals surface area contributed by atoms with E-state index in [0.29, 0.717) is 30.1 Å². The Kier molecular flexibility index (Phi) is 8.16. The van der Waals surface area contributed by atoms with Crippen LogP contribution < -0.4 is 0 Å². The van der Waals surface area contributed by atoms with Crippen molar-refractivity contribution in [2.45, 2.75) is 117 Å². The lowest BCUT2D eigenvalue weighted by molar-refractivity contribution is 0.0518. The van der Waals surface area contributed by atoms with Crippen molar-refractivity contribution in [1.82, 2.24) is 0 Å². The number of aliphatic hydroxyl groups is 3. The first kappa shape index (κ1) is 25.7. The van der Waals surface area contributed by atoms with Gasteiger partial charge in [0, 0.05) is 6.42 Å². The van der Waals surface area contributed by atoms with Gasteiger partial charge in [0.2, 0.25) is 0 Å². The van der Waals surface area contributed by atoms with Gasteiger partial charge in [0.25, 0.3) is 0 Å². The highest BCUT2D eigenvalue weighted by atomic mass is 16.3. The number of hydrogen-bond donors (Lipinski definition) is 3. The molecule has 3 aliphatic rings. The topological polar surface area (TPSA) is 60.7 Å². The van der Waals surface area contributed by atoms with Crippen molar-refractivity contribution in [3.05, 3.63) is 35.5 Å². The van der Waals surface area contributed by atoms with E-state index in [1.54, 1.807) is 5.57 Å². The number of hydrogen-bond acceptors (Lipinski definition) is 3. The summed E-state index contributed by atoms with van der Waals surface area (Å²) in [6.45, 7) is 15.3. The molecule has 0 spiro atoms. The lowest BCUT2D eigenvalue weighted by atomic mass is 9.57. The van der Waals surface area contributed by atoms with Crippen molar-refractivity contribution < 1.29 is 15.3 Å². The van der Waals surface area contributed by atoms with Crippen LogP contribution in [-0.4, -0.2) is 33.1 Å². The molecule has 0 bridgehead atoms. The zero-order valence-electron chi connectivity index (χ0n) is 21.2. The standard InChI is InChI=1S/C29H48O3/c1-7-21-15-23(11-10-22-16-24(30)17-27(31)20(22)3)26-13-12-25(29(26,6)18-21)19(2)9-8-14-28(4,5)32/h10-11,19,21,24-27,30-32H,3,7-9,12-18H2,1-2,4-6H3/b22-10-,23-11+/t19-,21+,24-,25-,26+,27+,29-/m1/s1. The van der Waals surface area contributed by atoms with E-state index in [0.717, 1.165) is 35.8 Å². The van der Waals surface area contributed by atoms with Crippen LogP contribution in [0.2, 0.25) is 0 Å². The van der Waals surface area contributed by atoms with Gasteiger partial charge in [-0.2, -0.15) is 0 Å². The minimum atomic E-state index is -0.621. The van der Waals surface area contributed by atoms with Crippen molar-refractivity contribution in [3.63, 3.8) is 0 Å². The van der Waals surface area contributed by atoms with Crippen molar-refractivity contribution >= 4 is 0 Å². The van der Waals surface area contributed by atoms with E-state index in [1.807, 2.05) is 13.8 Å². The molecular weight excluding hydrogens is 396 g/mol. The van der Waals surface area contributed by atoms with Crippen LogP contribution >= 0.6 is 0 Å². The molecule has 0 heterocycles. The average Bonchev–Trinajstić information content (AvgIpc) is 3.05. The smallest absolute Gasteiger partial charge is 0.0811 e. The van der Waals surface area contributed by atoms with Crippen molar-refractivity contribution in [2.75, 3.05) is 0 Å². The first-order valence-corrected chi connectivity index (χ1v) is 13.1. The van der Waals surface area contributed by atoms with E-state index in [4.69, 9.17) is 0 Å². The third kappa shape index (κ3) is 5.77. The molecule has 3 N–H and O–H groups in total. The van der Waals surface area contributed by atoms with Gasteiger partial charge in [-0.05, 0) is 92.6 Å². The fraction of sp³-hybridized carbons (Fsp3) is 0.793. The molecule has 3 nitrogen and oxygen atoms in total. The zero-order valence-corrected chi connectivity index (χ0v) is 21.2. The molecule has 0 aromatic heterocycles. The fourth-order valence-corrected chi connectivity index (χ4v) is 7.27. The summed E-state index contributed by atoms with van der Waals surface area (Å²) >= 11 is 0. The van der Waals surface area contributed by atoms with E-state index in [9.17, 15) is 15.3 Å².